The molecule has 0 saturated carbocycles. The molecule has 0 unspecified atom stereocenters. The minimum absolute atomic E-state index is 0. The zero-order valence-corrected chi connectivity index (χ0v) is 27.6. The summed E-state index contributed by atoms with van der Waals surface area (Å²) in [4.78, 5) is 62.7. The maximum absolute atomic E-state index is 11.9. The number of carbonyl (C=O) groups excluding carboxylic acids is 5. The van der Waals surface area contributed by atoms with Gasteiger partial charge in [-0.15, -0.1) is 13.2 Å². The SMILES string of the molecule is C.C.C.C=CCN(CC=C)C1(C#N)CN(C(=O)OC(C)(C)C)C1.CC(C)(C)OC(=O)N1CC(N)(C#N)C1.CN1C(=O)CC(=O)N(C)C1=O. The van der Waals surface area contributed by atoms with Gasteiger partial charge in [-0.25, -0.2) is 14.4 Å². The number of urea groups is 1. The smallest absolute Gasteiger partial charge is 0.410 e. The van der Waals surface area contributed by atoms with Crippen molar-refractivity contribution in [2.75, 3.05) is 53.4 Å². The summed E-state index contributed by atoms with van der Waals surface area (Å²) in [6.45, 7) is 20.6. The molecule has 3 heterocycles. The van der Waals surface area contributed by atoms with Crippen molar-refractivity contribution in [3.8, 4) is 12.1 Å². The predicted molar refractivity (Wildman–Crippen MR) is 184 cm³/mol. The number of amides is 6. The van der Waals surface area contributed by atoms with Crippen molar-refractivity contribution in [1.82, 2.24) is 24.5 Å². The third kappa shape index (κ3) is 13.3. The summed E-state index contributed by atoms with van der Waals surface area (Å²) in [6.07, 6.45) is 2.50. The molecule has 3 fully saturated rings. The molecule has 272 valence electrons. The van der Waals surface area contributed by atoms with E-state index in [1.54, 1.807) is 37.8 Å². The normalized spacial score (nSPS) is 17.3. The van der Waals surface area contributed by atoms with E-state index in [9.17, 15) is 29.2 Å². The van der Waals surface area contributed by atoms with Crippen LogP contribution < -0.4 is 5.73 Å². The summed E-state index contributed by atoms with van der Waals surface area (Å²) in [6, 6.07) is 3.70. The third-order valence-corrected chi connectivity index (χ3v) is 6.51. The van der Waals surface area contributed by atoms with Crippen molar-refractivity contribution in [2.45, 2.75) is 92.5 Å². The minimum Gasteiger partial charge on any atom is -0.444 e. The van der Waals surface area contributed by atoms with Crippen molar-refractivity contribution in [2.24, 2.45) is 5.73 Å². The molecular weight excluding hydrogens is 620 g/mol. The van der Waals surface area contributed by atoms with Crippen LogP contribution in [0.5, 0.6) is 0 Å². The predicted octanol–water partition coefficient (Wildman–Crippen LogP) is 3.97. The van der Waals surface area contributed by atoms with Crippen LogP contribution in [0, 0.1) is 22.7 Å². The van der Waals surface area contributed by atoms with Crippen LogP contribution >= 0.6 is 0 Å². The van der Waals surface area contributed by atoms with Crippen LogP contribution in [0.15, 0.2) is 25.3 Å². The Morgan fingerprint density at radius 2 is 1.17 bits per heavy atom. The molecule has 2 N–H and O–H groups in total. The molecule has 0 aromatic carbocycles. The Kier molecular flexibility index (Phi) is 18.7. The number of likely N-dealkylation sites (tertiary alicyclic amines) is 2. The number of hydrogen-bond donors (Lipinski definition) is 1. The summed E-state index contributed by atoms with van der Waals surface area (Å²) in [5.41, 5.74) is 3.01. The van der Waals surface area contributed by atoms with Crippen molar-refractivity contribution in [3.63, 3.8) is 0 Å². The number of ether oxygens (including phenoxy) is 2. The molecule has 0 aromatic rings. The van der Waals surface area contributed by atoms with Gasteiger partial charge in [-0.05, 0) is 41.5 Å². The van der Waals surface area contributed by atoms with Crippen LogP contribution in [0.2, 0.25) is 0 Å². The number of nitrogens with zero attached hydrogens (tertiary/aromatic N) is 7. The van der Waals surface area contributed by atoms with E-state index in [2.05, 4.69) is 19.2 Å². The molecule has 48 heavy (non-hydrogen) atoms. The van der Waals surface area contributed by atoms with E-state index in [4.69, 9.17) is 20.5 Å². The molecule has 15 nitrogen and oxygen atoms in total. The molecule has 15 heteroatoms. The number of barbiturate groups is 1. The van der Waals surface area contributed by atoms with E-state index in [1.165, 1.54) is 19.0 Å². The van der Waals surface area contributed by atoms with Gasteiger partial charge in [-0.1, -0.05) is 34.4 Å². The Bertz CT molecular complexity index is 1210. The lowest BCUT2D eigenvalue weighted by molar-refractivity contribution is -0.140. The quantitative estimate of drug-likeness (QED) is 0.327. The molecule has 0 aliphatic carbocycles. The molecule has 0 spiro atoms. The fourth-order valence-corrected chi connectivity index (χ4v) is 4.08. The largest absolute Gasteiger partial charge is 0.444 e. The highest BCUT2D eigenvalue weighted by molar-refractivity contribution is 6.13. The molecule has 3 rings (SSSR count). The molecule has 0 radical (unpaired) electrons. The van der Waals surface area contributed by atoms with Crippen molar-refractivity contribution >= 4 is 30.0 Å². The first-order valence-electron chi connectivity index (χ1n) is 14.2. The van der Waals surface area contributed by atoms with Crippen molar-refractivity contribution < 1.29 is 33.4 Å². The van der Waals surface area contributed by atoms with Gasteiger partial charge in [-0.3, -0.25) is 24.3 Å². The fourth-order valence-electron chi connectivity index (χ4n) is 4.08. The number of carbonyl (C=O) groups is 5. The molecule has 6 amide bonds. The van der Waals surface area contributed by atoms with E-state index < -0.39 is 46.2 Å². The topological polar surface area (TPSA) is 194 Å². The van der Waals surface area contributed by atoms with Gasteiger partial charge >= 0.3 is 18.2 Å². The number of nitrogens with two attached hydrogens (primary N) is 1. The second kappa shape index (κ2) is 18.8. The zero-order valence-electron chi connectivity index (χ0n) is 27.6. The van der Waals surface area contributed by atoms with Gasteiger partial charge in [0, 0.05) is 27.2 Å². The number of nitriles is 2. The van der Waals surface area contributed by atoms with Gasteiger partial charge < -0.3 is 25.0 Å². The molecule has 3 aliphatic heterocycles. The number of hydrogen-bond acceptors (Lipinski definition) is 11. The van der Waals surface area contributed by atoms with Gasteiger partial charge in [0.1, 0.15) is 28.7 Å². The standard InChI is InChI=1S/C15H23N3O2.C9H15N3O2.C6H8N2O3.3CH4/c1-6-8-18(9-7-2)15(10-16)11-17(12-15)13(19)20-14(3,4)5;1-8(2,3)14-7(13)12-5-9(11,4-10)6-12;1-7-4(9)3-5(10)8(2)6(7)11;;;/h6-7H,1-2,8-9,11-12H2,3-5H3;5-6,11H2,1-3H3;3H2,1-2H3;3*1H4. The highest BCUT2D eigenvalue weighted by Gasteiger charge is 2.50. The molecule has 3 saturated heterocycles. The van der Waals surface area contributed by atoms with Crippen LogP contribution in [-0.4, -0.2) is 130 Å². The summed E-state index contributed by atoms with van der Waals surface area (Å²) in [5.74, 6) is -0.892. The van der Waals surface area contributed by atoms with Crippen LogP contribution in [0.1, 0.15) is 70.2 Å². The average molecular weight is 679 g/mol. The van der Waals surface area contributed by atoms with E-state index in [1.807, 2.05) is 31.7 Å². The number of rotatable bonds is 5. The van der Waals surface area contributed by atoms with Gasteiger partial charge in [0.25, 0.3) is 0 Å². The second-order valence-electron chi connectivity index (χ2n) is 12.9. The van der Waals surface area contributed by atoms with E-state index in [-0.39, 0.29) is 47.9 Å². The second-order valence-corrected chi connectivity index (χ2v) is 12.9. The summed E-state index contributed by atoms with van der Waals surface area (Å²) < 4.78 is 10.4. The third-order valence-electron chi connectivity index (χ3n) is 6.51. The first-order chi connectivity index (χ1) is 20.6. The first kappa shape index (κ1) is 47.9. The maximum atomic E-state index is 11.9. The van der Waals surface area contributed by atoms with E-state index in [0.717, 1.165) is 9.80 Å². The van der Waals surface area contributed by atoms with Crippen LogP contribution in [-0.2, 0) is 19.1 Å². The average Bonchev–Trinajstić information content (AvgIpc) is 2.87. The van der Waals surface area contributed by atoms with Gasteiger partial charge in [0.2, 0.25) is 11.8 Å². The maximum Gasteiger partial charge on any atom is 0.410 e. The van der Waals surface area contributed by atoms with Gasteiger partial charge in [0.15, 0.2) is 0 Å². The molecule has 0 bridgehead atoms. The summed E-state index contributed by atoms with van der Waals surface area (Å²) >= 11 is 0. The zero-order chi connectivity index (χ0) is 35.0. The van der Waals surface area contributed by atoms with Crippen LogP contribution in [0.25, 0.3) is 0 Å². The lowest BCUT2D eigenvalue weighted by atomic mass is 9.89. The minimum atomic E-state index is -0.878. The Labute approximate surface area is 287 Å². The van der Waals surface area contributed by atoms with Gasteiger partial charge in [-0.2, -0.15) is 10.5 Å². The van der Waals surface area contributed by atoms with Crippen LogP contribution in [0.3, 0.4) is 0 Å². The Morgan fingerprint density at radius 3 is 1.46 bits per heavy atom. The number of imide groups is 2. The highest BCUT2D eigenvalue weighted by Crippen LogP contribution is 2.29. The van der Waals surface area contributed by atoms with Crippen molar-refractivity contribution in [3.05, 3.63) is 25.3 Å². The fraction of sp³-hybridized carbons (Fsp3) is 0.667. The molecule has 0 atom stereocenters. The molecular formula is C33H58N8O7. The lowest BCUT2D eigenvalue weighted by Crippen LogP contribution is -2.71. The van der Waals surface area contributed by atoms with Gasteiger partial charge in [0.05, 0.1) is 38.3 Å². The first-order valence-corrected chi connectivity index (χ1v) is 14.2. The Balaban J connectivity index is -0.000000641. The van der Waals surface area contributed by atoms with Crippen molar-refractivity contribution in [1.29, 1.82) is 10.5 Å². The molecule has 0 aromatic heterocycles. The molecule has 3 aliphatic rings. The highest BCUT2D eigenvalue weighted by atomic mass is 16.6. The Morgan fingerprint density at radius 1 is 0.812 bits per heavy atom. The van der Waals surface area contributed by atoms with E-state index >= 15 is 0 Å². The Hall–Kier alpha value is -4.47. The van der Waals surface area contributed by atoms with Crippen LogP contribution in [0.4, 0.5) is 14.4 Å². The summed E-state index contributed by atoms with van der Waals surface area (Å²) in [7, 11) is 2.71. The summed E-state index contributed by atoms with van der Waals surface area (Å²) in [5, 5.41) is 18.1. The lowest BCUT2D eigenvalue weighted by Gasteiger charge is -2.50. The van der Waals surface area contributed by atoms with E-state index in [0.29, 0.717) is 26.2 Å². The monoisotopic (exact) mass is 678 g/mol.